The molecule has 0 amide bonds. The number of hydrogen-bond acceptors (Lipinski definition) is 6. The van der Waals surface area contributed by atoms with E-state index < -0.39 is 0 Å². The van der Waals surface area contributed by atoms with Crippen LogP contribution < -0.4 is 9.47 Å². The molecule has 1 N–H and O–H groups in total. The van der Waals surface area contributed by atoms with Gasteiger partial charge in [0, 0.05) is 5.39 Å². The molecule has 0 spiro atoms. The number of aromatic amines is 1. The minimum Gasteiger partial charge on any atom is -0.487 e. The Morgan fingerprint density at radius 1 is 0.794 bits per heavy atom. The van der Waals surface area contributed by atoms with Crippen LogP contribution in [-0.4, -0.2) is 25.6 Å². The van der Waals surface area contributed by atoms with E-state index in [1.165, 1.54) is 11.1 Å². The molecule has 1 unspecified atom stereocenters. The molecule has 5 aromatic rings. The van der Waals surface area contributed by atoms with Gasteiger partial charge >= 0.3 is 0 Å². The smallest absolute Gasteiger partial charge is 0.189 e. The van der Waals surface area contributed by atoms with Gasteiger partial charge in [0.05, 0.1) is 11.2 Å². The van der Waals surface area contributed by atoms with Gasteiger partial charge in [-0.1, -0.05) is 48.5 Å². The lowest BCUT2D eigenvalue weighted by molar-refractivity contribution is 0.216. The van der Waals surface area contributed by atoms with Gasteiger partial charge in [-0.3, -0.25) is 0 Å². The van der Waals surface area contributed by atoms with E-state index in [4.69, 9.17) is 9.47 Å². The van der Waals surface area contributed by atoms with Gasteiger partial charge < -0.3 is 9.47 Å². The number of nitrogens with zero attached hydrogens (tertiary/aromatic N) is 4. The molecule has 0 radical (unpaired) electrons. The number of tetrazole rings is 1. The van der Waals surface area contributed by atoms with Crippen molar-refractivity contribution in [2.75, 3.05) is 0 Å². The summed E-state index contributed by atoms with van der Waals surface area (Å²) in [6, 6.07) is 28.6. The Kier molecular flexibility index (Phi) is 6.42. The molecule has 0 aliphatic heterocycles. The van der Waals surface area contributed by atoms with Gasteiger partial charge in [-0.05, 0) is 77.7 Å². The number of aromatic nitrogens is 5. The summed E-state index contributed by atoms with van der Waals surface area (Å²) in [5, 5.41) is 14.9. The molecule has 7 nitrogen and oxygen atoms in total. The van der Waals surface area contributed by atoms with Gasteiger partial charge in [0.15, 0.2) is 11.9 Å². The molecule has 2 aromatic heterocycles. The van der Waals surface area contributed by atoms with Gasteiger partial charge in [0.25, 0.3) is 0 Å². The van der Waals surface area contributed by atoms with E-state index in [9.17, 15) is 0 Å². The van der Waals surface area contributed by atoms with E-state index in [2.05, 4.69) is 62.0 Å². The SMILES string of the molecule is CC(Oc1ccc(CCc2ccc(OCc3ccc4ccccc4n3)cc2)cc1)c1nnn[nH]1. The Morgan fingerprint density at radius 3 is 2.21 bits per heavy atom. The van der Waals surface area contributed by atoms with Gasteiger partial charge in [-0.15, -0.1) is 5.10 Å². The number of benzene rings is 3. The van der Waals surface area contributed by atoms with E-state index in [1.807, 2.05) is 55.5 Å². The first kappa shape index (κ1) is 21.6. The van der Waals surface area contributed by atoms with Crippen LogP contribution in [0.2, 0.25) is 0 Å². The molecule has 170 valence electrons. The fraction of sp³-hybridized carbons (Fsp3) is 0.185. The van der Waals surface area contributed by atoms with Crippen molar-refractivity contribution in [3.05, 3.63) is 108 Å². The Balaban J connectivity index is 1.11. The molecule has 2 heterocycles. The highest BCUT2D eigenvalue weighted by molar-refractivity contribution is 5.78. The van der Waals surface area contributed by atoms with Crippen molar-refractivity contribution in [3.63, 3.8) is 0 Å². The highest BCUT2D eigenvalue weighted by Crippen LogP contribution is 2.21. The first-order chi connectivity index (χ1) is 16.7. The highest BCUT2D eigenvalue weighted by atomic mass is 16.5. The van der Waals surface area contributed by atoms with Crippen LogP contribution in [0.1, 0.15) is 35.7 Å². The zero-order valence-corrected chi connectivity index (χ0v) is 18.9. The number of ether oxygens (including phenoxy) is 2. The topological polar surface area (TPSA) is 85.8 Å². The molecule has 0 aliphatic carbocycles. The second-order valence-electron chi connectivity index (χ2n) is 8.12. The first-order valence-electron chi connectivity index (χ1n) is 11.3. The molecule has 0 fully saturated rings. The fourth-order valence-corrected chi connectivity index (χ4v) is 3.72. The molecule has 7 heteroatoms. The zero-order chi connectivity index (χ0) is 23.2. The second-order valence-corrected chi connectivity index (χ2v) is 8.12. The standard InChI is InChI=1S/C27H25N5O2/c1-19(27-29-31-32-30-27)34-25-16-10-21(11-17-25)7-6-20-8-14-24(15-9-20)33-18-23-13-12-22-4-2-3-5-26(22)28-23/h2-5,8-17,19H,6-7,18H2,1H3,(H,29,30,31,32). The Morgan fingerprint density at radius 2 is 1.50 bits per heavy atom. The third-order valence-corrected chi connectivity index (χ3v) is 5.65. The summed E-state index contributed by atoms with van der Waals surface area (Å²) in [5.41, 5.74) is 4.43. The Hall–Kier alpha value is -4.26. The molecule has 5 rings (SSSR count). The molecular weight excluding hydrogens is 426 g/mol. The van der Waals surface area contributed by atoms with Gasteiger partial charge in [-0.2, -0.15) is 0 Å². The Labute approximate surface area is 197 Å². The second kappa shape index (κ2) is 10.1. The number of pyridine rings is 1. The summed E-state index contributed by atoms with van der Waals surface area (Å²) in [6.07, 6.45) is 1.66. The van der Waals surface area contributed by atoms with Crippen molar-refractivity contribution in [1.29, 1.82) is 0 Å². The molecule has 0 saturated carbocycles. The van der Waals surface area contributed by atoms with E-state index >= 15 is 0 Å². The molecule has 1 atom stereocenters. The monoisotopic (exact) mass is 451 g/mol. The summed E-state index contributed by atoms with van der Waals surface area (Å²) in [4.78, 5) is 4.66. The quantitative estimate of drug-likeness (QED) is 0.329. The largest absolute Gasteiger partial charge is 0.487 e. The number of nitrogens with one attached hydrogen (secondary N) is 1. The van der Waals surface area contributed by atoms with Crippen LogP contribution in [0.3, 0.4) is 0 Å². The van der Waals surface area contributed by atoms with Crippen molar-refractivity contribution in [1.82, 2.24) is 25.6 Å². The summed E-state index contributed by atoms with van der Waals surface area (Å²) < 4.78 is 11.8. The number of fused-ring (bicyclic) bond motifs is 1. The van der Waals surface area contributed by atoms with Crippen LogP contribution in [0.4, 0.5) is 0 Å². The number of H-pyrrole nitrogens is 1. The average molecular weight is 452 g/mol. The number of rotatable bonds is 9. The molecular formula is C27H25N5O2. The predicted molar refractivity (Wildman–Crippen MR) is 130 cm³/mol. The van der Waals surface area contributed by atoms with Gasteiger partial charge in [-0.25, -0.2) is 10.1 Å². The van der Waals surface area contributed by atoms with E-state index in [0.29, 0.717) is 12.4 Å². The highest BCUT2D eigenvalue weighted by Gasteiger charge is 2.11. The third-order valence-electron chi connectivity index (χ3n) is 5.65. The maximum atomic E-state index is 5.94. The van der Waals surface area contributed by atoms with E-state index in [1.54, 1.807) is 0 Å². The van der Waals surface area contributed by atoms with Crippen LogP contribution in [0.5, 0.6) is 11.5 Å². The molecule has 3 aromatic carbocycles. The first-order valence-corrected chi connectivity index (χ1v) is 11.3. The van der Waals surface area contributed by atoms with Crippen molar-refractivity contribution < 1.29 is 9.47 Å². The van der Waals surface area contributed by atoms with Crippen LogP contribution in [0.15, 0.2) is 84.9 Å². The summed E-state index contributed by atoms with van der Waals surface area (Å²) in [7, 11) is 0. The van der Waals surface area contributed by atoms with Crippen molar-refractivity contribution in [2.24, 2.45) is 0 Å². The van der Waals surface area contributed by atoms with Crippen LogP contribution in [-0.2, 0) is 19.4 Å². The van der Waals surface area contributed by atoms with Gasteiger partial charge in [0.2, 0.25) is 0 Å². The van der Waals surface area contributed by atoms with Crippen LogP contribution in [0.25, 0.3) is 10.9 Å². The fourth-order valence-electron chi connectivity index (χ4n) is 3.72. The number of hydrogen-bond donors (Lipinski definition) is 1. The lowest BCUT2D eigenvalue weighted by Gasteiger charge is -2.12. The normalized spacial score (nSPS) is 11.9. The average Bonchev–Trinajstić information content (AvgIpc) is 3.43. The summed E-state index contributed by atoms with van der Waals surface area (Å²) in [6.45, 7) is 2.35. The summed E-state index contributed by atoms with van der Waals surface area (Å²) in [5.74, 6) is 2.23. The van der Waals surface area contributed by atoms with E-state index in [-0.39, 0.29) is 6.10 Å². The minimum atomic E-state index is -0.237. The van der Waals surface area contributed by atoms with E-state index in [0.717, 1.165) is 40.9 Å². The third kappa shape index (κ3) is 5.38. The summed E-state index contributed by atoms with van der Waals surface area (Å²) >= 11 is 0. The van der Waals surface area contributed by atoms with Crippen LogP contribution in [0, 0.1) is 0 Å². The van der Waals surface area contributed by atoms with Crippen molar-refractivity contribution >= 4 is 10.9 Å². The molecule has 0 aliphatic rings. The Bertz CT molecular complexity index is 1340. The van der Waals surface area contributed by atoms with Gasteiger partial charge in [0.1, 0.15) is 18.1 Å². The maximum absolute atomic E-state index is 5.94. The molecule has 0 bridgehead atoms. The van der Waals surface area contributed by atoms with Crippen molar-refractivity contribution in [2.45, 2.75) is 32.5 Å². The maximum Gasteiger partial charge on any atom is 0.189 e. The van der Waals surface area contributed by atoms with Crippen LogP contribution >= 0.6 is 0 Å². The lowest BCUT2D eigenvalue weighted by Crippen LogP contribution is -2.05. The minimum absolute atomic E-state index is 0.237. The van der Waals surface area contributed by atoms with Crippen molar-refractivity contribution in [3.8, 4) is 11.5 Å². The molecule has 34 heavy (non-hydrogen) atoms. The molecule has 0 saturated heterocycles. The number of para-hydroxylation sites is 1. The number of aryl methyl sites for hydroxylation is 2. The predicted octanol–water partition coefficient (Wildman–Crippen LogP) is 5.25. The lowest BCUT2D eigenvalue weighted by atomic mass is 10.0. The zero-order valence-electron chi connectivity index (χ0n) is 18.9.